The molecule has 0 unspecified atom stereocenters. The maximum absolute atomic E-state index is 10.9. The lowest BCUT2D eigenvalue weighted by Crippen LogP contribution is -2.12. The number of anilines is 1. The second-order valence-corrected chi connectivity index (χ2v) is 5.10. The number of hydrogen-bond acceptors (Lipinski definition) is 4. The number of nitrogens with zero attached hydrogens (tertiary/aromatic N) is 4. The summed E-state index contributed by atoms with van der Waals surface area (Å²) >= 11 is 0. The fourth-order valence-electron chi connectivity index (χ4n) is 2.31. The predicted molar refractivity (Wildman–Crippen MR) is 87.9 cm³/mol. The third-order valence-corrected chi connectivity index (χ3v) is 3.52. The number of hydrogen-bond donors (Lipinski definition) is 2. The van der Waals surface area contributed by atoms with Crippen molar-refractivity contribution in [2.45, 2.75) is 6.92 Å². The Hall–Kier alpha value is -3.66. The van der Waals surface area contributed by atoms with Crippen LogP contribution in [0.5, 0.6) is 0 Å². The first-order chi connectivity index (χ1) is 11.6. The maximum Gasteiger partial charge on any atom is 0.410 e. The Balaban J connectivity index is 1.92. The van der Waals surface area contributed by atoms with Crippen LogP contribution in [0.2, 0.25) is 0 Å². The average molecular weight is 319 g/mol. The third-order valence-electron chi connectivity index (χ3n) is 3.52. The summed E-state index contributed by atoms with van der Waals surface area (Å²) in [7, 11) is 0. The molecule has 2 N–H and O–H groups in total. The number of nitriles is 1. The van der Waals surface area contributed by atoms with Gasteiger partial charge >= 0.3 is 6.09 Å². The van der Waals surface area contributed by atoms with E-state index in [1.807, 2.05) is 36.4 Å². The van der Waals surface area contributed by atoms with E-state index in [2.05, 4.69) is 21.7 Å². The van der Waals surface area contributed by atoms with Gasteiger partial charge < -0.3 is 5.11 Å². The Kier molecular flexibility index (Phi) is 3.95. The van der Waals surface area contributed by atoms with Gasteiger partial charge in [0.1, 0.15) is 5.69 Å². The van der Waals surface area contributed by atoms with Gasteiger partial charge in [0.25, 0.3) is 0 Å². The summed E-state index contributed by atoms with van der Waals surface area (Å²) in [6.45, 7) is 1.68. The quantitative estimate of drug-likeness (QED) is 0.771. The molecule has 1 aromatic heterocycles. The molecule has 3 aromatic rings. The molecule has 118 valence electrons. The van der Waals surface area contributed by atoms with E-state index in [0.29, 0.717) is 22.8 Å². The number of carbonyl (C=O) groups is 1. The fraction of sp³-hybridized carbons (Fsp3) is 0.0588. The minimum absolute atomic E-state index is 0.314. The monoisotopic (exact) mass is 319 g/mol. The molecule has 0 aliphatic carbocycles. The zero-order chi connectivity index (χ0) is 17.1. The molecule has 7 nitrogen and oxygen atoms in total. The lowest BCUT2D eigenvalue weighted by Gasteiger charge is -2.08. The summed E-state index contributed by atoms with van der Waals surface area (Å²) in [5.41, 5.74) is 3.76. The van der Waals surface area contributed by atoms with Gasteiger partial charge in [0.05, 0.1) is 17.3 Å². The van der Waals surface area contributed by atoms with Crippen LogP contribution in [-0.2, 0) is 0 Å². The van der Waals surface area contributed by atoms with Gasteiger partial charge in [0.15, 0.2) is 5.82 Å². The molecule has 0 aliphatic rings. The van der Waals surface area contributed by atoms with Gasteiger partial charge in [-0.3, -0.25) is 5.32 Å². The highest BCUT2D eigenvalue weighted by atomic mass is 16.4. The summed E-state index contributed by atoms with van der Waals surface area (Å²) in [6, 6.07) is 16.8. The second kappa shape index (κ2) is 6.22. The van der Waals surface area contributed by atoms with Gasteiger partial charge in [-0.15, -0.1) is 5.10 Å². The van der Waals surface area contributed by atoms with E-state index < -0.39 is 6.09 Å². The van der Waals surface area contributed by atoms with Crippen molar-refractivity contribution < 1.29 is 9.90 Å². The van der Waals surface area contributed by atoms with E-state index in [0.717, 1.165) is 11.1 Å². The molecule has 1 amide bonds. The molecule has 0 spiro atoms. The summed E-state index contributed by atoms with van der Waals surface area (Å²) in [5.74, 6) is 0.314. The normalized spacial score (nSPS) is 10.2. The van der Waals surface area contributed by atoms with Crippen molar-refractivity contribution in [3.63, 3.8) is 0 Å². The highest BCUT2D eigenvalue weighted by molar-refractivity contribution is 5.82. The zero-order valence-electron chi connectivity index (χ0n) is 12.8. The number of carboxylic acid groups (broad SMARTS) is 1. The van der Waals surface area contributed by atoms with Crippen LogP contribution in [0.25, 0.3) is 16.8 Å². The molecule has 24 heavy (non-hydrogen) atoms. The minimum atomic E-state index is -1.17. The Morgan fingerprint density at radius 2 is 1.71 bits per heavy atom. The lowest BCUT2D eigenvalue weighted by molar-refractivity contribution is 0.209. The molecule has 7 heteroatoms. The highest BCUT2D eigenvalue weighted by Crippen LogP contribution is 2.23. The first-order valence-corrected chi connectivity index (χ1v) is 7.11. The van der Waals surface area contributed by atoms with Crippen LogP contribution in [0, 0.1) is 18.3 Å². The number of amides is 1. The first kappa shape index (κ1) is 15.2. The summed E-state index contributed by atoms with van der Waals surface area (Å²) < 4.78 is 1.44. The van der Waals surface area contributed by atoms with Gasteiger partial charge in [-0.25, -0.2) is 4.79 Å². The van der Waals surface area contributed by atoms with Gasteiger partial charge in [-0.2, -0.15) is 9.94 Å². The van der Waals surface area contributed by atoms with E-state index in [-0.39, 0.29) is 0 Å². The molecule has 1 heterocycles. The van der Waals surface area contributed by atoms with Gasteiger partial charge in [0, 0.05) is 0 Å². The fourth-order valence-corrected chi connectivity index (χ4v) is 2.31. The van der Waals surface area contributed by atoms with Gasteiger partial charge in [-0.05, 0) is 42.3 Å². The topological polar surface area (TPSA) is 104 Å². The Labute approximate surface area is 137 Å². The van der Waals surface area contributed by atoms with E-state index in [9.17, 15) is 4.79 Å². The molecule has 0 saturated heterocycles. The molecule has 0 radical (unpaired) electrons. The summed E-state index contributed by atoms with van der Waals surface area (Å²) in [4.78, 5) is 10.9. The Morgan fingerprint density at radius 1 is 1.12 bits per heavy atom. The van der Waals surface area contributed by atoms with Crippen LogP contribution in [-0.4, -0.2) is 26.2 Å². The number of benzene rings is 2. The summed E-state index contributed by atoms with van der Waals surface area (Å²) in [5, 5.41) is 27.9. The van der Waals surface area contributed by atoms with E-state index in [4.69, 9.17) is 10.4 Å². The Morgan fingerprint density at radius 3 is 2.25 bits per heavy atom. The van der Waals surface area contributed by atoms with Crippen molar-refractivity contribution >= 4 is 11.9 Å². The van der Waals surface area contributed by atoms with Crippen molar-refractivity contribution in [3.05, 3.63) is 59.8 Å². The number of rotatable bonds is 3. The minimum Gasteiger partial charge on any atom is -0.465 e. The molecule has 0 atom stereocenters. The second-order valence-electron chi connectivity index (χ2n) is 5.10. The van der Waals surface area contributed by atoms with Crippen LogP contribution >= 0.6 is 0 Å². The smallest absolute Gasteiger partial charge is 0.410 e. The first-order valence-electron chi connectivity index (χ1n) is 7.11. The molecule has 2 aromatic carbocycles. The third kappa shape index (κ3) is 2.94. The largest absolute Gasteiger partial charge is 0.465 e. The standard InChI is InChI=1S/C17H13N5O2/c1-11-16(19-17(23)24)22(21-20-11)15-8-6-14(7-9-15)13-4-2-12(10-18)3-5-13/h2-9,19H,1H3,(H,23,24). The van der Waals surface area contributed by atoms with E-state index in [1.165, 1.54) is 4.68 Å². The summed E-state index contributed by atoms with van der Waals surface area (Å²) in [6.07, 6.45) is -1.17. The number of aryl methyl sites for hydroxylation is 1. The number of aromatic nitrogens is 3. The predicted octanol–water partition coefficient (Wildman–Crippen LogP) is 3.20. The molecule has 0 aliphatic heterocycles. The van der Waals surface area contributed by atoms with Crippen molar-refractivity contribution in [1.29, 1.82) is 5.26 Å². The van der Waals surface area contributed by atoms with Crippen LogP contribution in [0.1, 0.15) is 11.3 Å². The highest BCUT2D eigenvalue weighted by Gasteiger charge is 2.13. The SMILES string of the molecule is Cc1nnn(-c2ccc(-c3ccc(C#N)cc3)cc2)c1NC(=O)O. The van der Waals surface area contributed by atoms with Crippen molar-refractivity contribution in [1.82, 2.24) is 15.0 Å². The Bertz CT molecular complexity index is 921. The van der Waals surface area contributed by atoms with Gasteiger partial charge in [-0.1, -0.05) is 29.5 Å². The number of nitrogens with one attached hydrogen (secondary N) is 1. The molecular weight excluding hydrogens is 306 g/mol. The van der Waals surface area contributed by atoms with Crippen molar-refractivity contribution in [3.8, 4) is 22.9 Å². The lowest BCUT2D eigenvalue weighted by atomic mass is 10.0. The van der Waals surface area contributed by atoms with Crippen LogP contribution in [0.3, 0.4) is 0 Å². The van der Waals surface area contributed by atoms with Crippen LogP contribution in [0.15, 0.2) is 48.5 Å². The maximum atomic E-state index is 10.9. The van der Waals surface area contributed by atoms with Crippen LogP contribution in [0.4, 0.5) is 10.6 Å². The molecule has 0 fully saturated rings. The van der Waals surface area contributed by atoms with E-state index in [1.54, 1.807) is 19.1 Å². The van der Waals surface area contributed by atoms with Crippen molar-refractivity contribution in [2.24, 2.45) is 0 Å². The van der Waals surface area contributed by atoms with Crippen molar-refractivity contribution in [2.75, 3.05) is 5.32 Å². The average Bonchev–Trinajstić information content (AvgIpc) is 2.95. The molecule has 0 bridgehead atoms. The van der Waals surface area contributed by atoms with E-state index >= 15 is 0 Å². The zero-order valence-corrected chi connectivity index (χ0v) is 12.8. The molecular formula is C17H13N5O2. The molecule has 3 rings (SSSR count). The molecule has 0 saturated carbocycles. The van der Waals surface area contributed by atoms with Crippen LogP contribution < -0.4 is 5.32 Å². The van der Waals surface area contributed by atoms with Gasteiger partial charge in [0.2, 0.25) is 0 Å².